The molecule has 3 aromatic rings. The third-order valence-corrected chi connectivity index (χ3v) is 3.80. The van der Waals surface area contributed by atoms with Crippen molar-refractivity contribution >= 4 is 18.0 Å². The zero-order valence-corrected chi connectivity index (χ0v) is 15.1. The standard InChI is InChI=1S/C18H15FN4O3.CH5N/c19-14-7-13(12-3-1-2-11(6-12)9-24)4-5-16(14)23-8-15(21-10-25)17(22-23)18(20)26;1-2/h1-8,10,24H,9H2,(H2,20,26)(H,21,25);2H2,1H3. The fraction of sp³-hybridized carbons (Fsp3) is 0.105. The molecule has 0 fully saturated rings. The predicted octanol–water partition coefficient (Wildman–Crippen LogP) is 1.41. The smallest absolute Gasteiger partial charge is 0.271 e. The van der Waals surface area contributed by atoms with E-state index in [1.807, 2.05) is 0 Å². The molecule has 0 saturated heterocycles. The average Bonchev–Trinajstić information content (AvgIpc) is 3.13. The molecule has 9 heteroatoms. The number of primary amides is 1. The summed E-state index contributed by atoms with van der Waals surface area (Å²) >= 11 is 0. The minimum Gasteiger partial charge on any atom is -0.392 e. The summed E-state index contributed by atoms with van der Waals surface area (Å²) in [5.41, 5.74) is 11.8. The summed E-state index contributed by atoms with van der Waals surface area (Å²) in [4.78, 5) is 22.0. The molecule has 0 saturated carbocycles. The first kappa shape index (κ1) is 20.7. The average molecular weight is 385 g/mol. The van der Waals surface area contributed by atoms with E-state index >= 15 is 0 Å². The first-order valence-electron chi connectivity index (χ1n) is 8.21. The fourth-order valence-corrected chi connectivity index (χ4v) is 2.57. The molecule has 0 bridgehead atoms. The maximum atomic E-state index is 14.6. The summed E-state index contributed by atoms with van der Waals surface area (Å²) in [6.07, 6.45) is 1.68. The minimum atomic E-state index is -0.842. The summed E-state index contributed by atoms with van der Waals surface area (Å²) in [6, 6.07) is 11.6. The first-order valence-corrected chi connectivity index (χ1v) is 8.21. The number of carbonyl (C=O) groups excluding carboxylic acids is 2. The number of amides is 2. The van der Waals surface area contributed by atoms with Crippen molar-refractivity contribution < 1.29 is 19.1 Å². The van der Waals surface area contributed by atoms with E-state index in [4.69, 9.17) is 5.73 Å². The molecule has 1 heterocycles. The highest BCUT2D eigenvalue weighted by molar-refractivity contribution is 5.98. The molecule has 2 aromatic carbocycles. The minimum absolute atomic E-state index is 0.0895. The normalized spacial score (nSPS) is 10.0. The second-order valence-corrected chi connectivity index (χ2v) is 5.49. The molecule has 0 spiro atoms. The van der Waals surface area contributed by atoms with Crippen molar-refractivity contribution in [1.29, 1.82) is 0 Å². The Morgan fingerprint density at radius 3 is 2.57 bits per heavy atom. The Labute approximate surface area is 160 Å². The maximum Gasteiger partial charge on any atom is 0.271 e. The molecule has 0 aliphatic heterocycles. The van der Waals surface area contributed by atoms with Gasteiger partial charge in [0.25, 0.3) is 5.91 Å². The summed E-state index contributed by atoms with van der Waals surface area (Å²) < 4.78 is 15.7. The van der Waals surface area contributed by atoms with Gasteiger partial charge in [-0.1, -0.05) is 24.3 Å². The number of nitrogens with one attached hydrogen (secondary N) is 1. The van der Waals surface area contributed by atoms with E-state index in [1.54, 1.807) is 30.3 Å². The van der Waals surface area contributed by atoms with E-state index in [9.17, 15) is 19.1 Å². The van der Waals surface area contributed by atoms with E-state index in [0.29, 0.717) is 12.0 Å². The summed E-state index contributed by atoms with van der Waals surface area (Å²) in [5.74, 6) is -1.42. The molecule has 146 valence electrons. The Bertz CT molecular complexity index is 987. The third kappa shape index (κ3) is 4.40. The molecule has 8 nitrogen and oxygen atoms in total. The second kappa shape index (κ2) is 9.40. The number of benzene rings is 2. The molecule has 28 heavy (non-hydrogen) atoms. The number of halogens is 1. The number of aromatic nitrogens is 2. The Balaban J connectivity index is 0.00000136. The molecule has 0 aliphatic carbocycles. The van der Waals surface area contributed by atoms with E-state index in [-0.39, 0.29) is 23.7 Å². The zero-order chi connectivity index (χ0) is 20.7. The maximum absolute atomic E-state index is 14.6. The van der Waals surface area contributed by atoms with Crippen LogP contribution in [0.15, 0.2) is 48.7 Å². The molecule has 1 aromatic heterocycles. The van der Waals surface area contributed by atoms with Gasteiger partial charge in [0.05, 0.1) is 18.5 Å². The predicted molar refractivity (Wildman–Crippen MR) is 103 cm³/mol. The number of carbonyl (C=O) groups is 2. The van der Waals surface area contributed by atoms with Gasteiger partial charge in [0, 0.05) is 0 Å². The van der Waals surface area contributed by atoms with E-state index in [1.165, 1.54) is 25.4 Å². The molecule has 0 atom stereocenters. The van der Waals surface area contributed by atoms with Gasteiger partial charge < -0.3 is 21.9 Å². The van der Waals surface area contributed by atoms with Gasteiger partial charge in [-0.25, -0.2) is 9.07 Å². The van der Waals surface area contributed by atoms with Crippen LogP contribution >= 0.6 is 0 Å². The molecule has 0 aliphatic rings. The Morgan fingerprint density at radius 1 is 1.25 bits per heavy atom. The monoisotopic (exact) mass is 385 g/mol. The Kier molecular flexibility index (Phi) is 6.96. The van der Waals surface area contributed by atoms with Crippen molar-refractivity contribution in [3.8, 4) is 16.8 Å². The summed E-state index contributed by atoms with van der Waals surface area (Å²) in [7, 11) is 1.50. The van der Waals surface area contributed by atoms with Gasteiger partial charge >= 0.3 is 0 Å². The van der Waals surface area contributed by atoms with Gasteiger partial charge in [-0.05, 0) is 41.9 Å². The number of anilines is 1. The van der Waals surface area contributed by atoms with Crippen LogP contribution in [0.3, 0.4) is 0 Å². The van der Waals surface area contributed by atoms with Crippen LogP contribution in [-0.2, 0) is 11.4 Å². The number of hydrogen-bond donors (Lipinski definition) is 4. The van der Waals surface area contributed by atoms with Crippen LogP contribution in [-0.4, -0.2) is 34.3 Å². The van der Waals surface area contributed by atoms with Gasteiger partial charge in [0.2, 0.25) is 6.41 Å². The highest BCUT2D eigenvalue weighted by atomic mass is 19.1. The number of nitrogens with two attached hydrogens (primary N) is 2. The molecule has 2 amide bonds. The van der Waals surface area contributed by atoms with Crippen LogP contribution < -0.4 is 16.8 Å². The van der Waals surface area contributed by atoms with Crippen molar-refractivity contribution in [2.75, 3.05) is 12.4 Å². The quantitative estimate of drug-likeness (QED) is 0.476. The summed E-state index contributed by atoms with van der Waals surface area (Å²) in [6.45, 7) is -0.107. The van der Waals surface area contributed by atoms with Crippen LogP contribution in [0.1, 0.15) is 16.1 Å². The highest BCUT2D eigenvalue weighted by Gasteiger charge is 2.16. The Morgan fingerprint density at radius 2 is 1.96 bits per heavy atom. The molecule has 0 unspecified atom stereocenters. The fourth-order valence-electron chi connectivity index (χ4n) is 2.57. The van der Waals surface area contributed by atoms with Crippen molar-refractivity contribution in [3.63, 3.8) is 0 Å². The molecular formula is C19H20FN5O3. The van der Waals surface area contributed by atoms with Gasteiger partial charge in [0.15, 0.2) is 5.69 Å². The van der Waals surface area contributed by atoms with Gasteiger partial charge in [-0.15, -0.1) is 0 Å². The molecule has 3 rings (SSSR count). The number of aliphatic hydroxyl groups excluding tert-OH is 1. The number of nitrogens with zero attached hydrogens (tertiary/aromatic N) is 2. The van der Waals surface area contributed by atoms with Crippen molar-refractivity contribution in [3.05, 3.63) is 65.7 Å². The lowest BCUT2D eigenvalue weighted by molar-refractivity contribution is -0.105. The molecule has 6 N–H and O–H groups in total. The third-order valence-electron chi connectivity index (χ3n) is 3.80. The van der Waals surface area contributed by atoms with Crippen LogP contribution in [0.4, 0.5) is 10.1 Å². The number of rotatable bonds is 6. The summed E-state index contributed by atoms with van der Waals surface area (Å²) in [5, 5.41) is 15.5. The lowest BCUT2D eigenvalue weighted by atomic mass is 10.0. The molecule has 0 radical (unpaired) electrons. The molecular weight excluding hydrogens is 365 g/mol. The largest absolute Gasteiger partial charge is 0.392 e. The van der Waals surface area contributed by atoms with E-state index in [2.05, 4.69) is 16.1 Å². The van der Waals surface area contributed by atoms with E-state index < -0.39 is 11.7 Å². The van der Waals surface area contributed by atoms with Gasteiger partial charge in [0.1, 0.15) is 11.5 Å². The van der Waals surface area contributed by atoms with Crippen LogP contribution in [0.5, 0.6) is 0 Å². The van der Waals surface area contributed by atoms with Crippen molar-refractivity contribution in [2.45, 2.75) is 6.61 Å². The highest BCUT2D eigenvalue weighted by Crippen LogP contribution is 2.25. The van der Waals surface area contributed by atoms with E-state index in [0.717, 1.165) is 15.8 Å². The Hall–Kier alpha value is -3.56. The lowest BCUT2D eigenvalue weighted by Gasteiger charge is -2.08. The first-order chi connectivity index (χ1) is 13.5. The topological polar surface area (TPSA) is 136 Å². The SMILES string of the molecule is CN.NC(=O)c1nn(-c2ccc(-c3cccc(CO)c3)cc2F)cc1NC=O. The lowest BCUT2D eigenvalue weighted by Crippen LogP contribution is -2.14. The number of aliphatic hydroxyl groups is 1. The second-order valence-electron chi connectivity index (χ2n) is 5.49. The van der Waals surface area contributed by atoms with Crippen LogP contribution in [0.25, 0.3) is 16.8 Å². The number of hydrogen-bond acceptors (Lipinski definition) is 5. The van der Waals surface area contributed by atoms with Gasteiger partial charge in [-0.3, -0.25) is 9.59 Å². The van der Waals surface area contributed by atoms with Crippen LogP contribution in [0, 0.1) is 5.82 Å². The van der Waals surface area contributed by atoms with Crippen molar-refractivity contribution in [2.24, 2.45) is 11.5 Å². The van der Waals surface area contributed by atoms with Crippen LogP contribution in [0.2, 0.25) is 0 Å². The van der Waals surface area contributed by atoms with Crippen molar-refractivity contribution in [1.82, 2.24) is 9.78 Å². The van der Waals surface area contributed by atoms with Gasteiger partial charge in [-0.2, -0.15) is 5.10 Å². The zero-order valence-electron chi connectivity index (χ0n) is 15.1.